The average molecular weight is 346 g/mol. The molecule has 0 aromatic carbocycles. The molecule has 2 aromatic rings. The first-order chi connectivity index (χ1) is 11.7. The molecule has 0 unspecified atom stereocenters. The largest absolute Gasteiger partial charge is 0.368 e. The van der Waals surface area contributed by atoms with Crippen molar-refractivity contribution in [3.8, 4) is 0 Å². The molecule has 2 aromatic heterocycles. The molecule has 0 radical (unpaired) electrons. The molecule has 0 atom stereocenters. The van der Waals surface area contributed by atoms with Gasteiger partial charge in [-0.25, -0.2) is 9.20 Å². The van der Waals surface area contributed by atoms with Gasteiger partial charge >= 0.3 is 0 Å². The van der Waals surface area contributed by atoms with Crippen molar-refractivity contribution < 1.29 is 9.59 Å². The highest BCUT2D eigenvalue weighted by Crippen LogP contribution is 2.40. The summed E-state index contributed by atoms with van der Waals surface area (Å²) >= 11 is 0. The molecule has 0 spiro atoms. The maximum absolute atomic E-state index is 12.4. The summed E-state index contributed by atoms with van der Waals surface area (Å²) in [5, 5.41) is 10.6. The van der Waals surface area contributed by atoms with E-state index in [1.54, 1.807) is 6.07 Å². The molecule has 2 heterocycles. The summed E-state index contributed by atoms with van der Waals surface area (Å²) < 4.78 is 2.39. The normalized spacial score (nSPS) is 18.8. The molecule has 1 fully saturated rings. The lowest BCUT2D eigenvalue weighted by Crippen LogP contribution is -2.60. The van der Waals surface area contributed by atoms with Gasteiger partial charge in [0.05, 0.1) is 6.20 Å². The third-order valence-electron chi connectivity index (χ3n) is 5.03. The zero-order chi connectivity index (χ0) is 18.2. The minimum absolute atomic E-state index is 0.120. The van der Waals surface area contributed by atoms with Gasteiger partial charge in [-0.2, -0.15) is 10.2 Å². The first-order valence-corrected chi connectivity index (χ1v) is 8.23. The number of nitrogens with two attached hydrogens (primary N) is 1. The SMILES string of the molecule is CC1(C)CCC(NC(=O)Cn2ncn3nccc3c2=O)(C(N)=O)CC1. The van der Waals surface area contributed by atoms with Crippen LogP contribution in [0.5, 0.6) is 0 Å². The van der Waals surface area contributed by atoms with Gasteiger partial charge in [-0.15, -0.1) is 0 Å². The Bertz CT molecular complexity index is 871. The number of aromatic nitrogens is 4. The number of nitrogens with zero attached hydrogens (tertiary/aromatic N) is 4. The van der Waals surface area contributed by atoms with Gasteiger partial charge in [0.25, 0.3) is 5.56 Å². The van der Waals surface area contributed by atoms with E-state index in [-0.39, 0.29) is 12.0 Å². The zero-order valence-electron chi connectivity index (χ0n) is 14.4. The second-order valence-corrected chi connectivity index (χ2v) is 7.41. The molecule has 25 heavy (non-hydrogen) atoms. The van der Waals surface area contributed by atoms with Crippen molar-refractivity contribution in [3.05, 3.63) is 28.9 Å². The summed E-state index contributed by atoms with van der Waals surface area (Å²) in [5.74, 6) is -1.00. The van der Waals surface area contributed by atoms with Crippen LogP contribution in [0.15, 0.2) is 23.4 Å². The van der Waals surface area contributed by atoms with Crippen LogP contribution in [0, 0.1) is 5.41 Å². The maximum atomic E-state index is 12.4. The summed E-state index contributed by atoms with van der Waals surface area (Å²) in [5.41, 5.74) is 4.54. The molecule has 3 rings (SSSR count). The maximum Gasteiger partial charge on any atom is 0.293 e. The average Bonchev–Trinajstić information content (AvgIpc) is 3.02. The number of carbonyl (C=O) groups excluding carboxylic acids is 2. The van der Waals surface area contributed by atoms with Gasteiger partial charge in [0.15, 0.2) is 0 Å². The fraction of sp³-hybridized carbons (Fsp3) is 0.562. The van der Waals surface area contributed by atoms with Crippen LogP contribution in [-0.4, -0.2) is 36.7 Å². The number of rotatable bonds is 4. The Balaban J connectivity index is 1.77. The van der Waals surface area contributed by atoms with Gasteiger partial charge in [0, 0.05) is 0 Å². The summed E-state index contributed by atoms with van der Waals surface area (Å²) in [6.45, 7) is 3.98. The van der Waals surface area contributed by atoms with E-state index in [0.29, 0.717) is 18.4 Å². The monoisotopic (exact) mass is 346 g/mol. The number of nitrogens with one attached hydrogen (secondary N) is 1. The van der Waals surface area contributed by atoms with Crippen LogP contribution in [0.1, 0.15) is 39.5 Å². The Morgan fingerprint density at radius 2 is 1.92 bits per heavy atom. The predicted octanol–water partition coefficient (Wildman–Crippen LogP) is -0.168. The molecule has 9 nitrogen and oxygen atoms in total. The lowest BCUT2D eigenvalue weighted by Gasteiger charge is -2.41. The van der Waals surface area contributed by atoms with Crippen molar-refractivity contribution in [2.24, 2.45) is 11.1 Å². The van der Waals surface area contributed by atoms with Crippen LogP contribution in [0.25, 0.3) is 5.52 Å². The highest BCUT2D eigenvalue weighted by Gasteiger charge is 2.43. The molecule has 2 amide bonds. The second kappa shape index (κ2) is 5.98. The van der Waals surface area contributed by atoms with Crippen molar-refractivity contribution in [1.29, 1.82) is 0 Å². The highest BCUT2D eigenvalue weighted by atomic mass is 16.2. The van der Waals surface area contributed by atoms with E-state index in [0.717, 1.165) is 17.5 Å². The number of fused-ring (bicyclic) bond motifs is 1. The molecule has 1 saturated carbocycles. The Hall–Kier alpha value is -2.71. The molecule has 1 aliphatic carbocycles. The van der Waals surface area contributed by atoms with E-state index in [1.807, 2.05) is 0 Å². The van der Waals surface area contributed by atoms with E-state index >= 15 is 0 Å². The van der Waals surface area contributed by atoms with Crippen LogP contribution < -0.4 is 16.6 Å². The minimum Gasteiger partial charge on any atom is -0.368 e. The van der Waals surface area contributed by atoms with Gasteiger partial charge in [-0.05, 0) is 37.2 Å². The van der Waals surface area contributed by atoms with Crippen LogP contribution in [0.3, 0.4) is 0 Å². The Kier molecular flexibility index (Phi) is 4.09. The quantitative estimate of drug-likeness (QED) is 0.795. The topological polar surface area (TPSA) is 124 Å². The molecule has 9 heteroatoms. The van der Waals surface area contributed by atoms with Gasteiger partial charge in [-0.3, -0.25) is 14.4 Å². The number of primary amides is 1. The van der Waals surface area contributed by atoms with Crippen molar-refractivity contribution in [2.75, 3.05) is 0 Å². The molecule has 0 aliphatic heterocycles. The Morgan fingerprint density at radius 3 is 2.56 bits per heavy atom. The smallest absolute Gasteiger partial charge is 0.293 e. The van der Waals surface area contributed by atoms with Crippen molar-refractivity contribution in [3.63, 3.8) is 0 Å². The summed E-state index contributed by atoms with van der Waals surface area (Å²) in [4.78, 5) is 36.7. The van der Waals surface area contributed by atoms with Crippen LogP contribution in [0.2, 0.25) is 0 Å². The van der Waals surface area contributed by atoms with E-state index in [2.05, 4.69) is 29.4 Å². The van der Waals surface area contributed by atoms with Crippen LogP contribution >= 0.6 is 0 Å². The van der Waals surface area contributed by atoms with Gasteiger partial charge in [0.2, 0.25) is 11.8 Å². The minimum atomic E-state index is -1.06. The molecule has 134 valence electrons. The third kappa shape index (κ3) is 3.26. The molecule has 1 aliphatic rings. The summed E-state index contributed by atoms with van der Waals surface area (Å²) in [6.07, 6.45) is 5.40. The van der Waals surface area contributed by atoms with Crippen molar-refractivity contribution in [2.45, 2.75) is 51.6 Å². The highest BCUT2D eigenvalue weighted by molar-refractivity contribution is 5.90. The number of carbonyl (C=O) groups is 2. The number of hydrogen-bond acceptors (Lipinski definition) is 5. The first kappa shape index (κ1) is 17.1. The van der Waals surface area contributed by atoms with Gasteiger partial charge < -0.3 is 11.1 Å². The third-order valence-corrected chi connectivity index (χ3v) is 5.03. The van der Waals surface area contributed by atoms with Gasteiger partial charge in [0.1, 0.15) is 23.9 Å². The summed E-state index contributed by atoms with van der Waals surface area (Å²) in [7, 11) is 0. The van der Waals surface area contributed by atoms with E-state index in [4.69, 9.17) is 5.73 Å². The van der Waals surface area contributed by atoms with E-state index in [1.165, 1.54) is 17.0 Å². The Morgan fingerprint density at radius 1 is 1.24 bits per heavy atom. The fourth-order valence-electron chi connectivity index (χ4n) is 3.21. The number of amides is 2. The molecular weight excluding hydrogens is 324 g/mol. The predicted molar refractivity (Wildman–Crippen MR) is 89.6 cm³/mol. The van der Waals surface area contributed by atoms with Crippen molar-refractivity contribution in [1.82, 2.24) is 24.7 Å². The molecule has 0 bridgehead atoms. The molecule has 0 saturated heterocycles. The standard InChI is InChI=1S/C16H22N6O3/c1-15(2)4-6-16(7-5-15,14(17)25)20-12(23)9-21-13(24)11-3-8-18-22(11)10-19-21/h3,8,10H,4-7,9H2,1-2H3,(H2,17,25)(H,20,23). The van der Waals surface area contributed by atoms with Crippen LogP contribution in [0.4, 0.5) is 0 Å². The van der Waals surface area contributed by atoms with Crippen LogP contribution in [-0.2, 0) is 16.1 Å². The second-order valence-electron chi connectivity index (χ2n) is 7.41. The van der Waals surface area contributed by atoms with E-state index in [9.17, 15) is 14.4 Å². The zero-order valence-corrected chi connectivity index (χ0v) is 14.4. The van der Waals surface area contributed by atoms with Gasteiger partial charge in [-0.1, -0.05) is 13.8 Å². The van der Waals surface area contributed by atoms with Crippen molar-refractivity contribution >= 4 is 17.3 Å². The molecule has 3 N–H and O–H groups in total. The lowest BCUT2D eigenvalue weighted by atomic mass is 9.69. The lowest BCUT2D eigenvalue weighted by molar-refractivity contribution is -0.134. The fourth-order valence-corrected chi connectivity index (χ4v) is 3.21. The van der Waals surface area contributed by atoms with E-state index < -0.39 is 22.9 Å². The first-order valence-electron chi connectivity index (χ1n) is 8.23. The molecular formula is C16H22N6O3. The summed E-state index contributed by atoms with van der Waals surface area (Å²) in [6, 6.07) is 1.55. The number of hydrogen-bond donors (Lipinski definition) is 2. The Labute approximate surface area is 144 Å².